The lowest BCUT2D eigenvalue weighted by Gasteiger charge is -2.46. The minimum absolute atomic E-state index is 0.161. The summed E-state index contributed by atoms with van der Waals surface area (Å²) in [5.41, 5.74) is 7.47. The molecule has 1 saturated heterocycles. The van der Waals surface area contributed by atoms with Crippen molar-refractivity contribution in [2.45, 2.75) is 12.1 Å². The van der Waals surface area contributed by atoms with Gasteiger partial charge in [-0.15, -0.1) is 0 Å². The highest BCUT2D eigenvalue weighted by Crippen LogP contribution is 2.42. The lowest BCUT2D eigenvalue weighted by molar-refractivity contribution is -0.126. The maximum atomic E-state index is 12.2. The molecule has 1 amide bonds. The molecule has 1 heterocycles. The summed E-state index contributed by atoms with van der Waals surface area (Å²) >= 11 is 12.4. The van der Waals surface area contributed by atoms with Gasteiger partial charge in [-0.05, 0) is 29.8 Å². The molecular formula is C16H14Cl2N2O2. The molecule has 22 heavy (non-hydrogen) atoms. The summed E-state index contributed by atoms with van der Waals surface area (Å²) in [6.07, 6.45) is 0. The van der Waals surface area contributed by atoms with Crippen molar-refractivity contribution in [3.8, 4) is 5.75 Å². The molecule has 1 aliphatic heterocycles. The maximum absolute atomic E-state index is 12.2. The zero-order chi connectivity index (χ0) is 15.9. The van der Waals surface area contributed by atoms with Gasteiger partial charge in [0.2, 0.25) is 5.91 Å². The van der Waals surface area contributed by atoms with Gasteiger partial charge in [0, 0.05) is 10.7 Å². The molecule has 2 N–H and O–H groups in total. The molecule has 114 valence electrons. The number of nitrogens with zero attached hydrogens (tertiary/aromatic N) is 1. The van der Waals surface area contributed by atoms with Crippen LogP contribution in [0.3, 0.4) is 0 Å². The molecule has 1 aliphatic rings. The van der Waals surface area contributed by atoms with E-state index >= 15 is 0 Å². The molecule has 3 rings (SSSR count). The standard InChI is InChI=1S/C16H14Cl2N2O2/c1-22-13-7-6-9(8-12(13)18)20-15(14(19)16(20)21)10-4-2-3-5-11(10)17/h2-8,14-15H,19H2,1H3. The third kappa shape index (κ3) is 2.33. The molecule has 0 saturated carbocycles. The van der Waals surface area contributed by atoms with E-state index in [2.05, 4.69) is 0 Å². The number of carbonyl (C=O) groups excluding carboxylic acids is 1. The topological polar surface area (TPSA) is 55.6 Å². The van der Waals surface area contributed by atoms with E-state index in [0.29, 0.717) is 21.5 Å². The number of hydrogen-bond acceptors (Lipinski definition) is 3. The summed E-state index contributed by atoms with van der Waals surface area (Å²) < 4.78 is 5.13. The van der Waals surface area contributed by atoms with Crippen LogP contribution in [0.5, 0.6) is 5.75 Å². The highest BCUT2D eigenvalue weighted by Gasteiger charge is 2.47. The second-order valence-corrected chi connectivity index (χ2v) is 5.83. The number of rotatable bonds is 3. The molecule has 2 aromatic rings. The highest BCUT2D eigenvalue weighted by atomic mass is 35.5. The molecule has 4 nitrogen and oxygen atoms in total. The normalized spacial score (nSPS) is 20.7. The average molecular weight is 337 g/mol. The van der Waals surface area contributed by atoms with E-state index in [4.69, 9.17) is 33.7 Å². The van der Waals surface area contributed by atoms with E-state index in [1.165, 1.54) is 7.11 Å². The van der Waals surface area contributed by atoms with Gasteiger partial charge in [0.25, 0.3) is 0 Å². The zero-order valence-corrected chi connectivity index (χ0v) is 13.3. The van der Waals surface area contributed by atoms with E-state index in [0.717, 1.165) is 5.56 Å². The predicted molar refractivity (Wildman–Crippen MR) is 87.7 cm³/mol. The Hall–Kier alpha value is -1.75. The van der Waals surface area contributed by atoms with Gasteiger partial charge in [-0.1, -0.05) is 41.4 Å². The SMILES string of the molecule is COc1ccc(N2C(=O)C(N)C2c2ccccc2Cl)cc1Cl. The minimum atomic E-state index is -0.610. The van der Waals surface area contributed by atoms with Crippen LogP contribution in [-0.4, -0.2) is 19.1 Å². The van der Waals surface area contributed by atoms with Crippen molar-refractivity contribution < 1.29 is 9.53 Å². The smallest absolute Gasteiger partial charge is 0.247 e. The molecule has 2 aromatic carbocycles. The maximum Gasteiger partial charge on any atom is 0.247 e. The zero-order valence-electron chi connectivity index (χ0n) is 11.8. The van der Waals surface area contributed by atoms with Crippen LogP contribution in [-0.2, 0) is 4.79 Å². The Morgan fingerprint density at radius 1 is 1.14 bits per heavy atom. The van der Waals surface area contributed by atoms with Crippen LogP contribution in [0, 0.1) is 0 Å². The van der Waals surface area contributed by atoms with Crippen LogP contribution in [0.4, 0.5) is 5.69 Å². The van der Waals surface area contributed by atoms with Gasteiger partial charge in [-0.25, -0.2) is 0 Å². The van der Waals surface area contributed by atoms with Gasteiger partial charge in [0.15, 0.2) is 0 Å². The van der Waals surface area contributed by atoms with E-state index in [1.807, 2.05) is 18.2 Å². The van der Waals surface area contributed by atoms with Crippen molar-refractivity contribution in [3.63, 3.8) is 0 Å². The number of halogens is 2. The molecule has 2 unspecified atom stereocenters. The van der Waals surface area contributed by atoms with Gasteiger partial charge >= 0.3 is 0 Å². The first-order chi connectivity index (χ1) is 10.5. The fourth-order valence-corrected chi connectivity index (χ4v) is 3.15. The van der Waals surface area contributed by atoms with Crippen molar-refractivity contribution in [2.75, 3.05) is 12.0 Å². The van der Waals surface area contributed by atoms with E-state index in [-0.39, 0.29) is 11.9 Å². The molecule has 0 spiro atoms. The number of carbonyl (C=O) groups is 1. The van der Waals surface area contributed by atoms with Crippen molar-refractivity contribution in [2.24, 2.45) is 5.73 Å². The summed E-state index contributed by atoms with van der Waals surface area (Å²) in [7, 11) is 1.54. The van der Waals surface area contributed by atoms with Gasteiger partial charge < -0.3 is 15.4 Å². The molecule has 0 bridgehead atoms. The van der Waals surface area contributed by atoms with Gasteiger partial charge in [-0.3, -0.25) is 4.79 Å². The highest BCUT2D eigenvalue weighted by molar-refractivity contribution is 6.32. The largest absolute Gasteiger partial charge is 0.495 e. The Balaban J connectivity index is 2.00. The van der Waals surface area contributed by atoms with E-state index in [9.17, 15) is 4.79 Å². The molecule has 0 aromatic heterocycles. The van der Waals surface area contributed by atoms with Crippen LogP contribution in [0.1, 0.15) is 11.6 Å². The number of anilines is 1. The third-order valence-corrected chi connectivity index (χ3v) is 4.42. The summed E-state index contributed by atoms with van der Waals surface area (Å²) in [5.74, 6) is 0.392. The summed E-state index contributed by atoms with van der Waals surface area (Å²) in [4.78, 5) is 13.8. The first-order valence-corrected chi connectivity index (χ1v) is 7.47. The second kappa shape index (κ2) is 5.80. The van der Waals surface area contributed by atoms with Crippen LogP contribution >= 0.6 is 23.2 Å². The van der Waals surface area contributed by atoms with Crippen molar-refractivity contribution in [1.29, 1.82) is 0 Å². The first-order valence-electron chi connectivity index (χ1n) is 6.71. The predicted octanol–water partition coefficient (Wildman–Crippen LogP) is 3.42. The second-order valence-electron chi connectivity index (χ2n) is 5.02. The van der Waals surface area contributed by atoms with Crippen molar-refractivity contribution >= 4 is 34.8 Å². The Morgan fingerprint density at radius 3 is 2.50 bits per heavy atom. The Bertz CT molecular complexity index is 736. The fraction of sp³-hybridized carbons (Fsp3) is 0.188. The number of methoxy groups -OCH3 is 1. The first kappa shape index (κ1) is 15.2. The number of hydrogen-bond donors (Lipinski definition) is 1. The van der Waals surface area contributed by atoms with Crippen molar-refractivity contribution in [1.82, 2.24) is 0 Å². The van der Waals surface area contributed by atoms with Crippen LogP contribution in [0.2, 0.25) is 10.0 Å². The molecule has 6 heteroatoms. The monoisotopic (exact) mass is 336 g/mol. The number of nitrogens with two attached hydrogens (primary N) is 1. The van der Waals surface area contributed by atoms with Crippen molar-refractivity contribution in [3.05, 3.63) is 58.1 Å². The van der Waals surface area contributed by atoms with Crippen LogP contribution in [0.15, 0.2) is 42.5 Å². The third-order valence-electron chi connectivity index (χ3n) is 3.78. The molecule has 2 atom stereocenters. The molecule has 1 fully saturated rings. The lowest BCUT2D eigenvalue weighted by atomic mass is 9.88. The van der Waals surface area contributed by atoms with Crippen LogP contribution < -0.4 is 15.4 Å². The van der Waals surface area contributed by atoms with E-state index < -0.39 is 6.04 Å². The Kier molecular flexibility index (Phi) is 4.00. The molecule has 0 radical (unpaired) electrons. The Morgan fingerprint density at radius 2 is 1.86 bits per heavy atom. The number of β-lactam (4-membered cyclic amide) rings is 1. The van der Waals surface area contributed by atoms with Crippen LogP contribution in [0.25, 0.3) is 0 Å². The fourth-order valence-electron chi connectivity index (χ4n) is 2.65. The molecule has 0 aliphatic carbocycles. The number of benzene rings is 2. The summed E-state index contributed by atoms with van der Waals surface area (Å²) in [6, 6.07) is 11.6. The Labute approximate surface area is 138 Å². The quantitative estimate of drug-likeness (QED) is 0.873. The minimum Gasteiger partial charge on any atom is -0.495 e. The van der Waals surface area contributed by atoms with Gasteiger partial charge in [-0.2, -0.15) is 0 Å². The van der Waals surface area contributed by atoms with Gasteiger partial charge in [0.05, 0.1) is 18.2 Å². The molecular weight excluding hydrogens is 323 g/mol. The van der Waals surface area contributed by atoms with E-state index in [1.54, 1.807) is 29.2 Å². The summed E-state index contributed by atoms with van der Waals surface area (Å²) in [6.45, 7) is 0. The average Bonchev–Trinajstić information content (AvgIpc) is 2.52. The van der Waals surface area contributed by atoms with Gasteiger partial charge in [0.1, 0.15) is 11.8 Å². The number of amides is 1. The lowest BCUT2D eigenvalue weighted by Crippen LogP contribution is -2.63. The summed E-state index contributed by atoms with van der Waals surface area (Å²) in [5, 5.41) is 1.02. The number of ether oxygens (including phenoxy) is 1.